The SMILES string of the molecule is CCCC[C@@H](C)C#CC[C@@H](C)CCO. The van der Waals surface area contributed by atoms with Crippen molar-refractivity contribution >= 4 is 0 Å². The van der Waals surface area contributed by atoms with Crippen LogP contribution in [0.3, 0.4) is 0 Å². The highest BCUT2D eigenvalue weighted by Gasteiger charge is 1.98. The molecule has 0 bridgehead atoms. The Labute approximate surface area is 88.9 Å². The lowest BCUT2D eigenvalue weighted by Crippen LogP contribution is -1.96. The van der Waals surface area contributed by atoms with Gasteiger partial charge in [0.15, 0.2) is 0 Å². The van der Waals surface area contributed by atoms with Gasteiger partial charge in [-0.25, -0.2) is 0 Å². The van der Waals surface area contributed by atoms with Gasteiger partial charge in [-0.2, -0.15) is 0 Å². The van der Waals surface area contributed by atoms with Crippen molar-refractivity contribution < 1.29 is 5.11 Å². The molecule has 0 aliphatic heterocycles. The maximum atomic E-state index is 8.71. The summed E-state index contributed by atoms with van der Waals surface area (Å²) in [5.41, 5.74) is 0. The molecule has 0 fully saturated rings. The molecule has 0 aromatic heterocycles. The van der Waals surface area contributed by atoms with Gasteiger partial charge in [0.2, 0.25) is 0 Å². The highest BCUT2D eigenvalue weighted by atomic mass is 16.2. The van der Waals surface area contributed by atoms with Gasteiger partial charge in [-0.05, 0) is 18.8 Å². The Morgan fingerprint density at radius 3 is 2.50 bits per heavy atom. The second-order valence-corrected chi connectivity index (χ2v) is 4.19. The Bertz CT molecular complexity index is 175. The fourth-order valence-corrected chi connectivity index (χ4v) is 1.31. The summed E-state index contributed by atoms with van der Waals surface area (Å²) in [7, 11) is 0. The maximum absolute atomic E-state index is 8.71. The summed E-state index contributed by atoms with van der Waals surface area (Å²) in [6.07, 6.45) is 5.56. The van der Waals surface area contributed by atoms with Crippen molar-refractivity contribution in [1.82, 2.24) is 0 Å². The van der Waals surface area contributed by atoms with Gasteiger partial charge in [0.1, 0.15) is 0 Å². The molecule has 2 atom stereocenters. The van der Waals surface area contributed by atoms with E-state index in [0.29, 0.717) is 11.8 Å². The molecule has 0 aromatic rings. The van der Waals surface area contributed by atoms with Crippen LogP contribution in [0.15, 0.2) is 0 Å². The van der Waals surface area contributed by atoms with E-state index in [1.165, 1.54) is 19.3 Å². The topological polar surface area (TPSA) is 20.2 Å². The van der Waals surface area contributed by atoms with Crippen molar-refractivity contribution in [2.75, 3.05) is 6.61 Å². The predicted octanol–water partition coefficient (Wildman–Crippen LogP) is 3.22. The second kappa shape index (κ2) is 9.09. The summed E-state index contributed by atoms with van der Waals surface area (Å²) in [6, 6.07) is 0. The van der Waals surface area contributed by atoms with Gasteiger partial charge in [0.05, 0.1) is 0 Å². The number of hydrogen-bond acceptors (Lipinski definition) is 1. The third kappa shape index (κ3) is 8.13. The van der Waals surface area contributed by atoms with E-state index in [9.17, 15) is 0 Å². The van der Waals surface area contributed by atoms with Crippen LogP contribution < -0.4 is 0 Å². The zero-order valence-corrected chi connectivity index (χ0v) is 9.84. The minimum Gasteiger partial charge on any atom is -0.396 e. The minimum atomic E-state index is 0.286. The van der Waals surface area contributed by atoms with Crippen molar-refractivity contribution in [3.05, 3.63) is 0 Å². The first-order valence-corrected chi connectivity index (χ1v) is 5.80. The number of hydrogen-bond donors (Lipinski definition) is 1. The molecule has 0 heterocycles. The molecule has 0 aliphatic carbocycles. The Kier molecular flexibility index (Phi) is 8.78. The van der Waals surface area contributed by atoms with Crippen LogP contribution in [0, 0.1) is 23.7 Å². The first-order chi connectivity index (χ1) is 6.70. The summed E-state index contributed by atoms with van der Waals surface area (Å²) in [5.74, 6) is 7.56. The van der Waals surface area contributed by atoms with E-state index >= 15 is 0 Å². The molecular weight excluding hydrogens is 172 g/mol. The van der Waals surface area contributed by atoms with Crippen molar-refractivity contribution in [3.8, 4) is 11.8 Å². The molecule has 0 aliphatic rings. The molecule has 82 valence electrons. The molecule has 1 heteroatoms. The van der Waals surface area contributed by atoms with Crippen LogP contribution >= 0.6 is 0 Å². The van der Waals surface area contributed by atoms with Crippen molar-refractivity contribution in [2.24, 2.45) is 11.8 Å². The van der Waals surface area contributed by atoms with Gasteiger partial charge in [-0.1, -0.05) is 33.6 Å². The summed E-state index contributed by atoms with van der Waals surface area (Å²) in [4.78, 5) is 0. The monoisotopic (exact) mass is 196 g/mol. The van der Waals surface area contributed by atoms with E-state index in [1.54, 1.807) is 0 Å². The molecule has 0 amide bonds. The largest absolute Gasteiger partial charge is 0.396 e. The van der Waals surface area contributed by atoms with Crippen LogP contribution in [-0.4, -0.2) is 11.7 Å². The van der Waals surface area contributed by atoms with Gasteiger partial charge in [0, 0.05) is 18.9 Å². The standard InChI is InChI=1S/C13H24O/c1-4-5-7-12(2)8-6-9-13(3)10-11-14/h12-14H,4-5,7,9-11H2,1-3H3/t12-,13-/m1/s1. The average molecular weight is 196 g/mol. The average Bonchev–Trinajstić information content (AvgIpc) is 2.15. The highest BCUT2D eigenvalue weighted by Crippen LogP contribution is 2.08. The van der Waals surface area contributed by atoms with E-state index < -0.39 is 0 Å². The highest BCUT2D eigenvalue weighted by molar-refractivity contribution is 5.02. The zero-order valence-electron chi connectivity index (χ0n) is 9.84. The van der Waals surface area contributed by atoms with Crippen LogP contribution in [0.1, 0.15) is 52.9 Å². The van der Waals surface area contributed by atoms with Crippen LogP contribution in [-0.2, 0) is 0 Å². The second-order valence-electron chi connectivity index (χ2n) is 4.19. The Balaban J connectivity index is 3.58. The van der Waals surface area contributed by atoms with Crippen molar-refractivity contribution in [2.45, 2.75) is 52.9 Å². The minimum absolute atomic E-state index is 0.286. The third-order valence-electron chi connectivity index (χ3n) is 2.41. The predicted molar refractivity (Wildman–Crippen MR) is 61.9 cm³/mol. The smallest absolute Gasteiger partial charge is 0.0433 e. The first-order valence-electron chi connectivity index (χ1n) is 5.80. The molecule has 0 rings (SSSR count). The lowest BCUT2D eigenvalue weighted by atomic mass is 10.0. The molecular formula is C13H24O. The van der Waals surface area contributed by atoms with Crippen LogP contribution in [0.25, 0.3) is 0 Å². The molecule has 0 spiro atoms. The zero-order chi connectivity index (χ0) is 10.8. The Hall–Kier alpha value is -0.480. The van der Waals surface area contributed by atoms with Crippen LogP contribution in [0.2, 0.25) is 0 Å². The van der Waals surface area contributed by atoms with Crippen molar-refractivity contribution in [1.29, 1.82) is 0 Å². The summed E-state index contributed by atoms with van der Waals surface area (Å²) in [5, 5.41) is 8.71. The van der Waals surface area contributed by atoms with E-state index in [4.69, 9.17) is 5.11 Å². The molecule has 1 nitrogen and oxygen atoms in total. The fraction of sp³-hybridized carbons (Fsp3) is 0.846. The van der Waals surface area contributed by atoms with Crippen LogP contribution in [0.4, 0.5) is 0 Å². The Morgan fingerprint density at radius 1 is 1.21 bits per heavy atom. The Morgan fingerprint density at radius 2 is 1.93 bits per heavy atom. The molecule has 14 heavy (non-hydrogen) atoms. The van der Waals surface area contributed by atoms with E-state index in [0.717, 1.165) is 12.8 Å². The number of rotatable bonds is 6. The van der Waals surface area contributed by atoms with Gasteiger partial charge in [-0.15, -0.1) is 11.8 Å². The van der Waals surface area contributed by atoms with Gasteiger partial charge in [-0.3, -0.25) is 0 Å². The van der Waals surface area contributed by atoms with E-state index in [-0.39, 0.29) is 6.61 Å². The number of aliphatic hydroxyl groups excluding tert-OH is 1. The quantitative estimate of drug-likeness (QED) is 0.647. The molecule has 0 aromatic carbocycles. The van der Waals surface area contributed by atoms with Gasteiger partial charge < -0.3 is 5.11 Å². The molecule has 0 unspecified atom stereocenters. The fourth-order valence-electron chi connectivity index (χ4n) is 1.31. The lowest BCUT2D eigenvalue weighted by Gasteiger charge is -2.04. The van der Waals surface area contributed by atoms with Crippen molar-refractivity contribution in [3.63, 3.8) is 0 Å². The van der Waals surface area contributed by atoms with Gasteiger partial charge >= 0.3 is 0 Å². The van der Waals surface area contributed by atoms with E-state index in [1.807, 2.05) is 0 Å². The number of unbranched alkanes of at least 4 members (excludes halogenated alkanes) is 1. The van der Waals surface area contributed by atoms with Crippen LogP contribution in [0.5, 0.6) is 0 Å². The third-order valence-corrected chi connectivity index (χ3v) is 2.41. The summed E-state index contributed by atoms with van der Waals surface area (Å²) in [6.45, 7) is 6.83. The first kappa shape index (κ1) is 13.5. The molecule has 0 radical (unpaired) electrons. The normalized spacial score (nSPS) is 14.3. The van der Waals surface area contributed by atoms with Gasteiger partial charge in [0.25, 0.3) is 0 Å². The maximum Gasteiger partial charge on any atom is 0.0433 e. The summed E-state index contributed by atoms with van der Waals surface area (Å²) < 4.78 is 0. The lowest BCUT2D eigenvalue weighted by molar-refractivity contribution is 0.264. The summed E-state index contributed by atoms with van der Waals surface area (Å²) >= 11 is 0. The molecule has 0 saturated carbocycles. The molecule has 1 N–H and O–H groups in total. The molecule has 0 saturated heterocycles. The number of aliphatic hydroxyl groups is 1. The van der Waals surface area contributed by atoms with E-state index in [2.05, 4.69) is 32.6 Å².